The number of rotatable bonds is 1. The quantitative estimate of drug-likeness (QED) is 0.816. The maximum atomic E-state index is 5.82. The van der Waals surface area contributed by atoms with Crippen LogP contribution in [0.25, 0.3) is 10.6 Å². The highest BCUT2D eigenvalue weighted by atomic mass is 35.5. The summed E-state index contributed by atoms with van der Waals surface area (Å²) >= 11 is 8.82. The number of hydrogen-bond acceptors (Lipinski definition) is 4. The zero-order valence-corrected chi connectivity index (χ0v) is 9.26. The molecule has 0 aliphatic rings. The van der Waals surface area contributed by atoms with Crippen LogP contribution in [-0.2, 0) is 0 Å². The van der Waals surface area contributed by atoms with E-state index in [9.17, 15) is 0 Å². The molecule has 5 heteroatoms. The first-order chi connectivity index (χ1) is 6.16. The molecule has 0 amide bonds. The monoisotopic (exact) mass is 230 g/mol. The molecular formula is C8H7ClN2S2. The van der Waals surface area contributed by atoms with Crippen molar-refractivity contribution in [3.63, 3.8) is 0 Å². The first-order valence-corrected chi connectivity index (χ1v) is 5.66. The molecule has 2 rings (SSSR count). The van der Waals surface area contributed by atoms with E-state index in [1.165, 1.54) is 22.7 Å². The summed E-state index contributed by atoms with van der Waals surface area (Å²) in [5.41, 5.74) is 6.66. The van der Waals surface area contributed by atoms with Crippen molar-refractivity contribution in [2.24, 2.45) is 0 Å². The Morgan fingerprint density at radius 3 is 2.62 bits per heavy atom. The van der Waals surface area contributed by atoms with Crippen LogP contribution in [0.15, 0.2) is 12.1 Å². The van der Waals surface area contributed by atoms with Gasteiger partial charge in [-0.25, -0.2) is 4.98 Å². The van der Waals surface area contributed by atoms with E-state index in [4.69, 9.17) is 17.3 Å². The number of nitrogen functional groups attached to an aromatic ring is 1. The zero-order valence-electron chi connectivity index (χ0n) is 6.87. The minimum atomic E-state index is 0.760. The highest BCUT2D eigenvalue weighted by molar-refractivity contribution is 7.20. The lowest BCUT2D eigenvalue weighted by molar-refractivity contribution is 1.31. The van der Waals surface area contributed by atoms with E-state index in [1.807, 2.05) is 19.1 Å². The molecule has 2 nitrogen and oxygen atoms in total. The van der Waals surface area contributed by atoms with Crippen LogP contribution in [0.5, 0.6) is 0 Å². The van der Waals surface area contributed by atoms with Crippen molar-refractivity contribution >= 4 is 39.3 Å². The van der Waals surface area contributed by atoms with Gasteiger partial charge in [0.15, 0.2) is 0 Å². The zero-order chi connectivity index (χ0) is 9.42. The van der Waals surface area contributed by atoms with Gasteiger partial charge in [0.05, 0.1) is 14.2 Å². The Morgan fingerprint density at radius 1 is 1.38 bits per heavy atom. The minimum Gasteiger partial charge on any atom is -0.389 e. The molecule has 13 heavy (non-hydrogen) atoms. The second-order valence-electron chi connectivity index (χ2n) is 2.55. The summed E-state index contributed by atoms with van der Waals surface area (Å²) in [4.78, 5) is 5.37. The van der Waals surface area contributed by atoms with E-state index >= 15 is 0 Å². The maximum absolute atomic E-state index is 5.82. The summed E-state index contributed by atoms with van der Waals surface area (Å²) in [6.07, 6.45) is 0. The molecule has 0 atom stereocenters. The second kappa shape index (κ2) is 3.29. The summed E-state index contributed by atoms with van der Waals surface area (Å²) in [6, 6.07) is 3.80. The van der Waals surface area contributed by atoms with Gasteiger partial charge in [0.1, 0.15) is 10.7 Å². The summed E-state index contributed by atoms with van der Waals surface area (Å²) in [6.45, 7) is 1.94. The van der Waals surface area contributed by atoms with Gasteiger partial charge in [0.25, 0.3) is 0 Å². The van der Waals surface area contributed by atoms with E-state index in [0.717, 1.165) is 24.9 Å². The SMILES string of the molecule is Cc1nc(-c2ccc(Cl)s2)c(N)s1. The topological polar surface area (TPSA) is 38.9 Å². The van der Waals surface area contributed by atoms with E-state index in [2.05, 4.69) is 4.98 Å². The van der Waals surface area contributed by atoms with Crippen LogP contribution >= 0.6 is 34.3 Å². The van der Waals surface area contributed by atoms with Crippen molar-refractivity contribution in [2.75, 3.05) is 5.73 Å². The fourth-order valence-electron chi connectivity index (χ4n) is 1.06. The Balaban J connectivity index is 2.51. The van der Waals surface area contributed by atoms with Crippen molar-refractivity contribution in [1.82, 2.24) is 4.98 Å². The molecule has 2 aromatic heterocycles. The van der Waals surface area contributed by atoms with Crippen LogP contribution in [0.2, 0.25) is 4.34 Å². The van der Waals surface area contributed by atoms with Gasteiger partial charge >= 0.3 is 0 Å². The number of aromatic nitrogens is 1. The lowest BCUT2D eigenvalue weighted by Gasteiger charge is -1.90. The van der Waals surface area contributed by atoms with Gasteiger partial charge in [-0.1, -0.05) is 11.6 Å². The molecule has 68 valence electrons. The van der Waals surface area contributed by atoms with Crippen molar-refractivity contribution in [1.29, 1.82) is 0 Å². The Morgan fingerprint density at radius 2 is 2.15 bits per heavy atom. The first-order valence-electron chi connectivity index (χ1n) is 3.65. The van der Waals surface area contributed by atoms with E-state index in [1.54, 1.807) is 0 Å². The maximum Gasteiger partial charge on any atom is 0.115 e. The first kappa shape index (κ1) is 8.99. The van der Waals surface area contributed by atoms with Crippen molar-refractivity contribution in [2.45, 2.75) is 6.92 Å². The van der Waals surface area contributed by atoms with E-state index in [0.29, 0.717) is 0 Å². The van der Waals surface area contributed by atoms with Gasteiger partial charge in [0.2, 0.25) is 0 Å². The third-order valence-corrected chi connectivity index (χ3v) is 3.60. The van der Waals surface area contributed by atoms with Gasteiger partial charge in [-0.2, -0.15) is 0 Å². The number of hydrogen-bond donors (Lipinski definition) is 1. The van der Waals surface area contributed by atoms with Gasteiger partial charge < -0.3 is 5.73 Å². The predicted molar refractivity (Wildman–Crippen MR) is 59.6 cm³/mol. The number of thiazole rings is 1. The molecule has 0 fully saturated rings. The van der Waals surface area contributed by atoms with Crippen LogP contribution < -0.4 is 5.73 Å². The van der Waals surface area contributed by atoms with E-state index < -0.39 is 0 Å². The second-order valence-corrected chi connectivity index (χ2v) is 5.50. The van der Waals surface area contributed by atoms with Crippen molar-refractivity contribution in [3.05, 3.63) is 21.5 Å². The van der Waals surface area contributed by atoms with Crippen LogP contribution in [-0.4, -0.2) is 4.98 Å². The molecule has 2 heterocycles. The van der Waals surface area contributed by atoms with Crippen LogP contribution in [0.3, 0.4) is 0 Å². The fraction of sp³-hybridized carbons (Fsp3) is 0.125. The highest BCUT2D eigenvalue weighted by Gasteiger charge is 2.09. The number of thiophene rings is 1. The average Bonchev–Trinajstić information content (AvgIpc) is 2.58. The molecule has 0 aliphatic carbocycles. The van der Waals surface area contributed by atoms with Crippen LogP contribution in [0, 0.1) is 6.92 Å². The molecule has 0 saturated heterocycles. The average molecular weight is 231 g/mol. The van der Waals surface area contributed by atoms with E-state index in [-0.39, 0.29) is 0 Å². The standard InChI is InChI=1S/C8H7ClN2S2/c1-4-11-7(8(10)12-4)5-2-3-6(9)13-5/h2-3H,10H2,1H3. The normalized spacial score (nSPS) is 10.6. The molecule has 0 unspecified atom stereocenters. The molecule has 0 radical (unpaired) electrons. The molecule has 0 bridgehead atoms. The van der Waals surface area contributed by atoms with Crippen LogP contribution in [0.4, 0.5) is 5.00 Å². The molecule has 0 aliphatic heterocycles. The van der Waals surface area contributed by atoms with Crippen molar-refractivity contribution in [3.8, 4) is 10.6 Å². The summed E-state index contributed by atoms with van der Waals surface area (Å²) in [5, 5.41) is 1.74. The Labute approximate surface area is 89.0 Å². The lowest BCUT2D eigenvalue weighted by atomic mass is 10.4. The van der Waals surface area contributed by atoms with Gasteiger partial charge in [0, 0.05) is 0 Å². The van der Waals surface area contributed by atoms with Gasteiger partial charge in [-0.3, -0.25) is 0 Å². The van der Waals surface area contributed by atoms with Crippen molar-refractivity contribution < 1.29 is 0 Å². The molecule has 0 spiro atoms. The Bertz CT molecular complexity index is 433. The lowest BCUT2D eigenvalue weighted by Crippen LogP contribution is -1.82. The smallest absolute Gasteiger partial charge is 0.115 e. The summed E-state index contributed by atoms with van der Waals surface area (Å²) < 4.78 is 0.764. The third-order valence-electron chi connectivity index (χ3n) is 1.57. The Kier molecular flexibility index (Phi) is 2.27. The van der Waals surface area contributed by atoms with Crippen LogP contribution in [0.1, 0.15) is 5.01 Å². The number of nitrogens with two attached hydrogens (primary N) is 1. The molecule has 0 aromatic carbocycles. The number of nitrogens with zero attached hydrogens (tertiary/aromatic N) is 1. The number of aryl methyl sites for hydroxylation is 1. The Hall–Kier alpha value is -0.580. The largest absolute Gasteiger partial charge is 0.389 e. The minimum absolute atomic E-state index is 0.760. The fourth-order valence-corrected chi connectivity index (χ4v) is 2.88. The third kappa shape index (κ3) is 1.70. The van der Waals surface area contributed by atoms with Gasteiger partial charge in [-0.15, -0.1) is 22.7 Å². The molecule has 2 N–H and O–H groups in total. The molecule has 0 saturated carbocycles. The van der Waals surface area contributed by atoms with Gasteiger partial charge in [-0.05, 0) is 19.1 Å². The number of anilines is 1. The summed E-state index contributed by atoms with van der Waals surface area (Å²) in [5.74, 6) is 0. The predicted octanol–water partition coefficient (Wildman–Crippen LogP) is 3.42. The molecule has 2 aromatic rings. The number of halogens is 1. The molecular weight excluding hydrogens is 224 g/mol. The summed E-state index contributed by atoms with van der Waals surface area (Å²) in [7, 11) is 0. The highest BCUT2D eigenvalue weighted by Crippen LogP contribution is 2.36.